The van der Waals surface area contributed by atoms with Crippen LogP contribution in [0.4, 0.5) is 0 Å². The van der Waals surface area contributed by atoms with E-state index < -0.39 is 0 Å². The maximum atomic E-state index is 11.8. The van der Waals surface area contributed by atoms with Crippen molar-refractivity contribution in [1.82, 2.24) is 9.78 Å². The first-order valence-corrected chi connectivity index (χ1v) is 5.98. The van der Waals surface area contributed by atoms with Gasteiger partial charge in [-0.15, -0.1) is 0 Å². The number of hydrogen-bond acceptors (Lipinski definition) is 1. The monoisotopic (exact) mass is 230 g/mol. The van der Waals surface area contributed by atoms with Crippen LogP contribution in [0.2, 0.25) is 0 Å². The number of hydrogen-bond donors (Lipinski definition) is 1. The van der Waals surface area contributed by atoms with E-state index in [1.807, 2.05) is 32.0 Å². The third kappa shape index (κ3) is 2.67. The van der Waals surface area contributed by atoms with Crippen LogP contribution in [0.15, 0.2) is 35.1 Å². The van der Waals surface area contributed by atoms with Gasteiger partial charge in [0.05, 0.1) is 0 Å². The molecular formula is C14H18N2O. The third-order valence-electron chi connectivity index (χ3n) is 3.12. The molecule has 90 valence electrons. The summed E-state index contributed by atoms with van der Waals surface area (Å²) in [5.74, 6) is 0. The zero-order chi connectivity index (χ0) is 12.3. The van der Waals surface area contributed by atoms with E-state index in [1.54, 1.807) is 4.68 Å². The van der Waals surface area contributed by atoms with Gasteiger partial charge in [-0.05, 0) is 32.3 Å². The van der Waals surface area contributed by atoms with Crippen LogP contribution >= 0.6 is 0 Å². The molecule has 17 heavy (non-hydrogen) atoms. The zero-order valence-electron chi connectivity index (χ0n) is 10.4. The van der Waals surface area contributed by atoms with Gasteiger partial charge in [-0.1, -0.05) is 30.3 Å². The van der Waals surface area contributed by atoms with Crippen LogP contribution in [-0.4, -0.2) is 9.78 Å². The smallest absolute Gasteiger partial charge is 0.269 e. The van der Waals surface area contributed by atoms with Gasteiger partial charge in [-0.2, -0.15) is 0 Å². The molecule has 0 aliphatic heterocycles. The van der Waals surface area contributed by atoms with Gasteiger partial charge in [0.2, 0.25) is 0 Å². The van der Waals surface area contributed by atoms with Gasteiger partial charge in [-0.25, -0.2) is 0 Å². The summed E-state index contributed by atoms with van der Waals surface area (Å²) in [7, 11) is 0. The standard InChI is InChI=1S/C14H18N2O/c1-11-12(2)15-16(14(11)17)10-6-9-13-7-4-3-5-8-13/h3-5,7-8,15H,6,9-10H2,1-2H3. The Morgan fingerprint density at radius 1 is 1.18 bits per heavy atom. The lowest BCUT2D eigenvalue weighted by Crippen LogP contribution is -2.18. The van der Waals surface area contributed by atoms with Crippen molar-refractivity contribution in [1.29, 1.82) is 0 Å². The highest BCUT2D eigenvalue weighted by Gasteiger charge is 2.05. The lowest BCUT2D eigenvalue weighted by molar-refractivity contribution is 0.560. The molecule has 0 aliphatic rings. The molecule has 0 radical (unpaired) electrons. The fourth-order valence-corrected chi connectivity index (χ4v) is 1.94. The van der Waals surface area contributed by atoms with Crippen LogP contribution in [0.3, 0.4) is 0 Å². The Morgan fingerprint density at radius 2 is 1.88 bits per heavy atom. The van der Waals surface area contributed by atoms with E-state index in [1.165, 1.54) is 5.56 Å². The lowest BCUT2D eigenvalue weighted by Gasteiger charge is -2.02. The minimum absolute atomic E-state index is 0.107. The molecule has 1 heterocycles. The van der Waals surface area contributed by atoms with E-state index in [2.05, 4.69) is 17.2 Å². The second kappa shape index (κ2) is 5.04. The highest BCUT2D eigenvalue weighted by Crippen LogP contribution is 2.03. The highest BCUT2D eigenvalue weighted by molar-refractivity contribution is 5.15. The quantitative estimate of drug-likeness (QED) is 0.860. The summed E-state index contributed by atoms with van der Waals surface area (Å²) in [6.45, 7) is 4.55. The van der Waals surface area contributed by atoms with Gasteiger partial charge in [0.15, 0.2) is 0 Å². The molecule has 1 N–H and O–H groups in total. The Balaban J connectivity index is 1.95. The Kier molecular flexibility index (Phi) is 3.47. The molecule has 1 aromatic carbocycles. The SMILES string of the molecule is Cc1[nH]n(CCCc2ccccc2)c(=O)c1C. The van der Waals surface area contributed by atoms with Gasteiger partial charge >= 0.3 is 0 Å². The number of aromatic amines is 1. The maximum Gasteiger partial charge on any atom is 0.269 e. The minimum atomic E-state index is 0.107. The number of nitrogens with zero attached hydrogens (tertiary/aromatic N) is 1. The fraction of sp³-hybridized carbons (Fsp3) is 0.357. The molecular weight excluding hydrogens is 212 g/mol. The average Bonchev–Trinajstić information content (AvgIpc) is 2.59. The summed E-state index contributed by atoms with van der Waals surface area (Å²) in [6, 6.07) is 10.3. The molecule has 2 rings (SSSR count). The summed E-state index contributed by atoms with van der Waals surface area (Å²) < 4.78 is 1.70. The van der Waals surface area contributed by atoms with Crippen molar-refractivity contribution in [2.45, 2.75) is 33.2 Å². The molecule has 0 saturated carbocycles. The van der Waals surface area contributed by atoms with Gasteiger partial charge in [0.1, 0.15) is 0 Å². The van der Waals surface area contributed by atoms with Crippen molar-refractivity contribution in [3.8, 4) is 0 Å². The summed E-state index contributed by atoms with van der Waals surface area (Å²) in [5, 5.41) is 3.10. The first-order chi connectivity index (χ1) is 8.18. The molecule has 0 bridgehead atoms. The molecule has 0 atom stereocenters. The third-order valence-corrected chi connectivity index (χ3v) is 3.12. The Labute approximate surface area is 101 Å². The number of aryl methyl sites for hydroxylation is 3. The summed E-state index contributed by atoms with van der Waals surface area (Å²) in [4.78, 5) is 11.8. The van der Waals surface area contributed by atoms with Crippen LogP contribution < -0.4 is 5.56 Å². The van der Waals surface area contributed by atoms with Crippen molar-refractivity contribution in [2.24, 2.45) is 0 Å². The molecule has 0 unspecified atom stereocenters. The molecule has 0 spiro atoms. The second-order valence-electron chi connectivity index (χ2n) is 4.41. The lowest BCUT2D eigenvalue weighted by atomic mass is 10.1. The van der Waals surface area contributed by atoms with Crippen molar-refractivity contribution < 1.29 is 0 Å². The summed E-state index contributed by atoms with van der Waals surface area (Å²) in [5.41, 5.74) is 3.22. The molecule has 2 aromatic rings. The largest absolute Gasteiger partial charge is 0.300 e. The van der Waals surface area contributed by atoms with E-state index >= 15 is 0 Å². The Morgan fingerprint density at radius 3 is 2.47 bits per heavy atom. The zero-order valence-corrected chi connectivity index (χ0v) is 10.4. The summed E-state index contributed by atoms with van der Waals surface area (Å²) >= 11 is 0. The first-order valence-electron chi connectivity index (χ1n) is 5.98. The number of H-pyrrole nitrogens is 1. The molecule has 0 aliphatic carbocycles. The fourth-order valence-electron chi connectivity index (χ4n) is 1.94. The van der Waals surface area contributed by atoms with Gasteiger partial charge in [0.25, 0.3) is 5.56 Å². The minimum Gasteiger partial charge on any atom is -0.300 e. The number of benzene rings is 1. The second-order valence-corrected chi connectivity index (χ2v) is 4.41. The normalized spacial score (nSPS) is 10.7. The van der Waals surface area contributed by atoms with E-state index in [0.717, 1.165) is 30.6 Å². The van der Waals surface area contributed by atoms with Crippen molar-refractivity contribution in [3.05, 3.63) is 57.5 Å². The van der Waals surface area contributed by atoms with Crippen LogP contribution in [0.25, 0.3) is 0 Å². The molecule has 0 fully saturated rings. The van der Waals surface area contributed by atoms with E-state index in [0.29, 0.717) is 0 Å². The van der Waals surface area contributed by atoms with Crippen LogP contribution in [-0.2, 0) is 13.0 Å². The van der Waals surface area contributed by atoms with Gasteiger partial charge in [0, 0.05) is 17.8 Å². The van der Waals surface area contributed by atoms with E-state index in [4.69, 9.17) is 0 Å². The predicted molar refractivity (Wildman–Crippen MR) is 69.3 cm³/mol. The molecule has 1 aromatic heterocycles. The van der Waals surface area contributed by atoms with Crippen molar-refractivity contribution in [2.75, 3.05) is 0 Å². The molecule has 3 nitrogen and oxygen atoms in total. The average molecular weight is 230 g/mol. The molecule has 0 amide bonds. The Hall–Kier alpha value is -1.77. The Bertz CT molecular complexity index is 537. The van der Waals surface area contributed by atoms with Crippen LogP contribution in [0.5, 0.6) is 0 Å². The first kappa shape index (κ1) is 11.7. The van der Waals surface area contributed by atoms with Gasteiger partial charge in [-0.3, -0.25) is 14.6 Å². The van der Waals surface area contributed by atoms with Gasteiger partial charge < -0.3 is 0 Å². The topological polar surface area (TPSA) is 37.8 Å². The molecule has 3 heteroatoms. The van der Waals surface area contributed by atoms with E-state index in [9.17, 15) is 4.79 Å². The number of aromatic nitrogens is 2. The van der Waals surface area contributed by atoms with Crippen molar-refractivity contribution in [3.63, 3.8) is 0 Å². The predicted octanol–water partition coefficient (Wildman–Crippen LogP) is 2.43. The highest BCUT2D eigenvalue weighted by atomic mass is 16.1. The maximum absolute atomic E-state index is 11.8. The van der Waals surface area contributed by atoms with E-state index in [-0.39, 0.29) is 5.56 Å². The molecule has 0 saturated heterocycles. The van der Waals surface area contributed by atoms with Crippen LogP contribution in [0.1, 0.15) is 23.2 Å². The summed E-state index contributed by atoms with van der Waals surface area (Å²) in [6.07, 6.45) is 1.98. The van der Waals surface area contributed by atoms with Crippen molar-refractivity contribution >= 4 is 0 Å². The van der Waals surface area contributed by atoms with Crippen LogP contribution in [0, 0.1) is 13.8 Å². The number of rotatable bonds is 4. The number of nitrogens with one attached hydrogen (secondary N) is 1.